The molecule has 4 heteroatoms. The molecule has 0 aliphatic carbocycles. The highest BCUT2D eigenvalue weighted by Gasteiger charge is 2.22. The Bertz CT molecular complexity index is 2920. The molecule has 218 valence electrons. The number of nitriles is 1. The molecule has 7 aromatic carbocycles. The van der Waals surface area contributed by atoms with E-state index in [1.165, 1.54) is 0 Å². The van der Waals surface area contributed by atoms with E-state index in [2.05, 4.69) is 120 Å². The standard InChI is InChI=1S/C43H24N2O2/c44-25-26-17-19-32-31-11-4-6-14-36(31)45(38(32)23-26)37-15-8-13-34-41-29(20-21-30(43(41)47-42(34)37)27-9-2-1-3-10-27)28-18-22-40-35(24-28)33-12-5-7-16-39(33)46-40/h1-24H. The summed E-state index contributed by atoms with van der Waals surface area (Å²) in [4.78, 5) is 0. The van der Waals surface area contributed by atoms with Gasteiger partial charge in [-0.25, -0.2) is 0 Å². The van der Waals surface area contributed by atoms with Crippen LogP contribution in [0.4, 0.5) is 0 Å². The van der Waals surface area contributed by atoms with Crippen LogP contribution >= 0.6 is 0 Å². The highest BCUT2D eigenvalue weighted by molar-refractivity contribution is 6.19. The third-order valence-electron chi connectivity index (χ3n) is 9.44. The lowest BCUT2D eigenvalue weighted by Crippen LogP contribution is -1.94. The van der Waals surface area contributed by atoms with Gasteiger partial charge in [0.15, 0.2) is 5.58 Å². The maximum Gasteiger partial charge on any atom is 0.159 e. The van der Waals surface area contributed by atoms with Crippen molar-refractivity contribution >= 4 is 65.7 Å². The van der Waals surface area contributed by atoms with Crippen LogP contribution in [-0.2, 0) is 0 Å². The number of benzene rings is 7. The molecule has 0 amide bonds. The minimum Gasteiger partial charge on any atom is -0.456 e. The Balaban J connectivity index is 1.32. The number of hydrogen-bond donors (Lipinski definition) is 0. The van der Waals surface area contributed by atoms with Gasteiger partial charge in [0, 0.05) is 37.9 Å². The molecule has 0 saturated carbocycles. The van der Waals surface area contributed by atoms with Gasteiger partial charge in [-0.2, -0.15) is 5.26 Å². The predicted octanol–water partition coefficient (Wildman–Crippen LogP) is 11.8. The minimum atomic E-state index is 0.620. The second kappa shape index (κ2) is 9.71. The molecule has 0 unspecified atom stereocenters. The number of fused-ring (bicyclic) bond motifs is 9. The van der Waals surface area contributed by atoms with Crippen LogP contribution in [0.1, 0.15) is 5.56 Å². The largest absolute Gasteiger partial charge is 0.456 e. The fourth-order valence-electron chi connectivity index (χ4n) is 7.34. The summed E-state index contributed by atoms with van der Waals surface area (Å²) in [5.74, 6) is 0. The first-order valence-corrected chi connectivity index (χ1v) is 15.7. The summed E-state index contributed by atoms with van der Waals surface area (Å²) < 4.78 is 15.5. The Morgan fingerprint density at radius 2 is 1.21 bits per heavy atom. The van der Waals surface area contributed by atoms with Crippen molar-refractivity contribution in [2.75, 3.05) is 0 Å². The molecule has 0 bridgehead atoms. The van der Waals surface area contributed by atoms with Gasteiger partial charge in [-0.1, -0.05) is 97.1 Å². The van der Waals surface area contributed by atoms with E-state index >= 15 is 0 Å². The monoisotopic (exact) mass is 600 g/mol. The number of para-hydroxylation sites is 3. The van der Waals surface area contributed by atoms with Gasteiger partial charge >= 0.3 is 0 Å². The van der Waals surface area contributed by atoms with Gasteiger partial charge in [0.25, 0.3) is 0 Å². The zero-order valence-electron chi connectivity index (χ0n) is 25.1. The van der Waals surface area contributed by atoms with E-state index in [0.717, 1.165) is 93.6 Å². The molecule has 0 atom stereocenters. The van der Waals surface area contributed by atoms with Crippen molar-refractivity contribution in [3.8, 4) is 34.0 Å². The molecule has 3 aromatic heterocycles. The average molecular weight is 601 g/mol. The lowest BCUT2D eigenvalue weighted by Gasteiger charge is -2.09. The van der Waals surface area contributed by atoms with Gasteiger partial charge in [0.05, 0.1) is 28.4 Å². The summed E-state index contributed by atoms with van der Waals surface area (Å²) in [5.41, 5.74) is 11.3. The van der Waals surface area contributed by atoms with E-state index < -0.39 is 0 Å². The first-order valence-electron chi connectivity index (χ1n) is 15.7. The highest BCUT2D eigenvalue weighted by Crippen LogP contribution is 2.45. The molecular formula is C43H24N2O2. The molecule has 3 heterocycles. The molecule has 47 heavy (non-hydrogen) atoms. The van der Waals surface area contributed by atoms with Gasteiger partial charge in [-0.05, 0) is 65.2 Å². The fraction of sp³-hybridized carbons (Fsp3) is 0. The molecule has 10 rings (SSSR count). The van der Waals surface area contributed by atoms with Crippen molar-refractivity contribution in [2.24, 2.45) is 0 Å². The number of hydrogen-bond acceptors (Lipinski definition) is 3. The Kier molecular flexibility index (Phi) is 5.32. The second-order valence-corrected chi connectivity index (χ2v) is 12.0. The Morgan fingerprint density at radius 3 is 2.11 bits per heavy atom. The maximum absolute atomic E-state index is 9.81. The van der Waals surface area contributed by atoms with Crippen LogP contribution in [-0.4, -0.2) is 4.57 Å². The van der Waals surface area contributed by atoms with E-state index in [0.29, 0.717) is 5.56 Å². The Morgan fingerprint density at radius 1 is 0.468 bits per heavy atom. The van der Waals surface area contributed by atoms with Crippen LogP contribution in [0, 0.1) is 11.3 Å². The maximum atomic E-state index is 9.81. The summed E-state index contributed by atoms with van der Waals surface area (Å²) in [5, 5.41) is 16.3. The topological polar surface area (TPSA) is 55.0 Å². The summed E-state index contributed by atoms with van der Waals surface area (Å²) >= 11 is 0. The SMILES string of the molecule is N#Cc1ccc2c3ccccc3n(-c3cccc4c3oc3c(-c5ccccc5)ccc(-c5ccc6oc7ccccc7c6c5)c34)c2c1. The molecule has 10 aromatic rings. The number of nitrogens with zero attached hydrogens (tertiary/aromatic N) is 2. The van der Waals surface area contributed by atoms with Crippen LogP contribution in [0.3, 0.4) is 0 Å². The third kappa shape index (κ3) is 3.69. The zero-order valence-corrected chi connectivity index (χ0v) is 25.1. The van der Waals surface area contributed by atoms with Crippen LogP contribution in [0.25, 0.3) is 93.6 Å². The molecule has 0 N–H and O–H groups in total. The molecule has 0 spiro atoms. The molecule has 0 radical (unpaired) electrons. The first kappa shape index (κ1) is 25.7. The third-order valence-corrected chi connectivity index (χ3v) is 9.44. The van der Waals surface area contributed by atoms with Crippen molar-refractivity contribution in [3.05, 3.63) is 151 Å². The van der Waals surface area contributed by atoms with Crippen LogP contribution in [0.5, 0.6) is 0 Å². The molecule has 0 fully saturated rings. The van der Waals surface area contributed by atoms with Crippen LogP contribution in [0.15, 0.2) is 154 Å². The number of furan rings is 2. The number of aromatic nitrogens is 1. The molecule has 0 aliphatic rings. The minimum absolute atomic E-state index is 0.620. The Hall–Kier alpha value is -6.57. The van der Waals surface area contributed by atoms with Crippen molar-refractivity contribution in [1.29, 1.82) is 5.26 Å². The van der Waals surface area contributed by atoms with Gasteiger partial charge in [-0.3, -0.25) is 0 Å². The molecule has 0 saturated heterocycles. The van der Waals surface area contributed by atoms with E-state index in [1.807, 2.05) is 36.4 Å². The molecule has 0 aliphatic heterocycles. The lowest BCUT2D eigenvalue weighted by atomic mass is 9.94. The van der Waals surface area contributed by atoms with Crippen LogP contribution < -0.4 is 0 Å². The quantitative estimate of drug-likeness (QED) is 0.203. The van der Waals surface area contributed by atoms with Gasteiger partial charge in [0.2, 0.25) is 0 Å². The van der Waals surface area contributed by atoms with Crippen molar-refractivity contribution in [1.82, 2.24) is 4.57 Å². The van der Waals surface area contributed by atoms with E-state index in [4.69, 9.17) is 8.83 Å². The van der Waals surface area contributed by atoms with Crippen molar-refractivity contribution < 1.29 is 8.83 Å². The van der Waals surface area contributed by atoms with Gasteiger partial charge in [0.1, 0.15) is 16.7 Å². The van der Waals surface area contributed by atoms with E-state index in [9.17, 15) is 5.26 Å². The molecule has 4 nitrogen and oxygen atoms in total. The number of rotatable bonds is 3. The van der Waals surface area contributed by atoms with Crippen molar-refractivity contribution in [2.45, 2.75) is 0 Å². The second-order valence-electron chi connectivity index (χ2n) is 12.0. The zero-order chi connectivity index (χ0) is 31.1. The van der Waals surface area contributed by atoms with E-state index in [-0.39, 0.29) is 0 Å². The van der Waals surface area contributed by atoms with Gasteiger partial charge in [-0.15, -0.1) is 0 Å². The van der Waals surface area contributed by atoms with Gasteiger partial charge < -0.3 is 13.4 Å². The molecular weight excluding hydrogens is 576 g/mol. The summed E-state index contributed by atoms with van der Waals surface area (Å²) in [6, 6.07) is 52.4. The average Bonchev–Trinajstić information content (AvgIpc) is 3.81. The highest BCUT2D eigenvalue weighted by atomic mass is 16.3. The lowest BCUT2D eigenvalue weighted by molar-refractivity contribution is 0.667. The fourth-order valence-corrected chi connectivity index (χ4v) is 7.34. The summed E-state index contributed by atoms with van der Waals surface area (Å²) in [7, 11) is 0. The Labute approximate surface area is 268 Å². The smallest absolute Gasteiger partial charge is 0.159 e. The first-order chi connectivity index (χ1) is 23.3. The predicted molar refractivity (Wildman–Crippen MR) is 191 cm³/mol. The van der Waals surface area contributed by atoms with Crippen molar-refractivity contribution in [3.63, 3.8) is 0 Å². The summed E-state index contributed by atoms with van der Waals surface area (Å²) in [6.45, 7) is 0. The normalized spacial score (nSPS) is 11.8. The van der Waals surface area contributed by atoms with Crippen LogP contribution in [0.2, 0.25) is 0 Å². The summed E-state index contributed by atoms with van der Waals surface area (Å²) in [6.07, 6.45) is 0. The van der Waals surface area contributed by atoms with E-state index in [1.54, 1.807) is 0 Å².